The van der Waals surface area contributed by atoms with Crippen LogP contribution in [0.5, 0.6) is 0 Å². The van der Waals surface area contributed by atoms with Gasteiger partial charge in [-0.3, -0.25) is 24.1 Å². The van der Waals surface area contributed by atoms with Crippen LogP contribution in [0.2, 0.25) is 0 Å². The summed E-state index contributed by atoms with van der Waals surface area (Å²) in [6, 6.07) is 0. The first-order chi connectivity index (χ1) is 14.7. The number of thioether (sulfide) groups is 1. The zero-order valence-corrected chi connectivity index (χ0v) is 22.2. The molecule has 1 aliphatic rings. The third kappa shape index (κ3) is 12.4. The summed E-state index contributed by atoms with van der Waals surface area (Å²) in [5.74, 6) is 0.767. The van der Waals surface area contributed by atoms with Crippen LogP contribution in [-0.2, 0) is 19.2 Å². The van der Waals surface area contributed by atoms with E-state index < -0.39 is 0 Å². The van der Waals surface area contributed by atoms with E-state index in [4.69, 9.17) is 0 Å². The van der Waals surface area contributed by atoms with Crippen LogP contribution in [0.4, 0.5) is 0 Å². The predicted octanol–water partition coefficient (Wildman–Crippen LogP) is 6.22. The van der Waals surface area contributed by atoms with Gasteiger partial charge in [0, 0.05) is 37.0 Å². The molecule has 0 saturated carbocycles. The molecule has 1 unspecified atom stereocenters. The Bertz CT molecular complexity index is 544. The number of likely N-dealkylation sites (tertiary alicyclic amines) is 1. The fraction of sp³-hybridized carbons (Fsp3) is 0.840. The SMILES string of the molecule is CC.CCC.CCC(C)(CC)C(=O)CCCCCN1C(=O)CC(SCCC(C)=O)C1=O. The van der Waals surface area contributed by atoms with Crippen LogP contribution in [0.1, 0.15) is 113 Å². The van der Waals surface area contributed by atoms with Crippen LogP contribution >= 0.6 is 11.8 Å². The first-order valence-electron chi connectivity index (χ1n) is 12.1. The summed E-state index contributed by atoms with van der Waals surface area (Å²) in [7, 11) is 0. The third-order valence-corrected chi connectivity index (χ3v) is 6.71. The molecule has 6 heteroatoms. The molecule has 1 rings (SSSR count). The number of nitrogens with zero attached hydrogens (tertiary/aromatic N) is 1. The van der Waals surface area contributed by atoms with E-state index in [0.717, 1.165) is 32.1 Å². The molecule has 0 aromatic carbocycles. The van der Waals surface area contributed by atoms with Crippen molar-refractivity contribution in [1.29, 1.82) is 0 Å². The molecular weight excluding hydrogens is 410 g/mol. The fourth-order valence-corrected chi connectivity index (χ4v) is 4.26. The standard InChI is InChI=1S/C20H33NO4S.C3H8.C2H6/c1-5-20(4,6-2)17(23)10-8-7-9-12-21-18(24)14-16(19(21)25)26-13-11-15(3)22;1-3-2;1-2/h16H,5-14H2,1-4H3;3H2,1-2H3;1-2H3. The Hall–Kier alpha value is -1.17. The smallest absolute Gasteiger partial charge is 0.242 e. The maximum absolute atomic E-state index is 12.3. The summed E-state index contributed by atoms with van der Waals surface area (Å²) in [6.45, 7) is 16.4. The molecule has 0 bridgehead atoms. The lowest BCUT2D eigenvalue weighted by Gasteiger charge is -2.24. The van der Waals surface area contributed by atoms with Gasteiger partial charge in [0.2, 0.25) is 11.8 Å². The number of Topliss-reactive ketones (excluding diaryl/α,β-unsaturated/α-hetero) is 2. The molecule has 0 spiro atoms. The second-order valence-corrected chi connectivity index (χ2v) is 9.42. The Morgan fingerprint density at radius 3 is 2.03 bits per heavy atom. The molecule has 0 aliphatic carbocycles. The summed E-state index contributed by atoms with van der Waals surface area (Å²) >= 11 is 1.41. The number of ketones is 2. The van der Waals surface area contributed by atoms with Gasteiger partial charge >= 0.3 is 0 Å². The lowest BCUT2D eigenvalue weighted by atomic mass is 9.78. The highest BCUT2D eigenvalue weighted by Gasteiger charge is 2.38. The highest BCUT2D eigenvalue weighted by Crippen LogP contribution is 2.29. The number of unbranched alkanes of at least 4 members (excludes halogenated alkanes) is 2. The van der Waals surface area contributed by atoms with Crippen molar-refractivity contribution in [1.82, 2.24) is 4.90 Å². The average Bonchev–Trinajstić information content (AvgIpc) is 3.01. The molecule has 1 fully saturated rings. The van der Waals surface area contributed by atoms with E-state index in [1.807, 2.05) is 20.8 Å². The number of rotatable bonds is 13. The lowest BCUT2D eigenvalue weighted by Crippen LogP contribution is -2.32. The number of imide groups is 1. The zero-order chi connectivity index (χ0) is 24.4. The van der Waals surface area contributed by atoms with Crippen LogP contribution < -0.4 is 0 Å². The molecule has 1 heterocycles. The van der Waals surface area contributed by atoms with Crippen LogP contribution in [0, 0.1) is 5.41 Å². The van der Waals surface area contributed by atoms with Gasteiger partial charge in [0.05, 0.1) is 5.25 Å². The molecule has 0 N–H and O–H groups in total. The van der Waals surface area contributed by atoms with E-state index in [9.17, 15) is 19.2 Å². The van der Waals surface area contributed by atoms with Gasteiger partial charge in [-0.1, -0.05) is 61.3 Å². The Balaban J connectivity index is 0. The molecule has 0 aromatic heterocycles. The van der Waals surface area contributed by atoms with Gasteiger partial charge in [0.15, 0.2) is 0 Å². The number of carbonyl (C=O) groups is 4. The van der Waals surface area contributed by atoms with Crippen molar-refractivity contribution in [3.63, 3.8) is 0 Å². The predicted molar refractivity (Wildman–Crippen MR) is 132 cm³/mol. The molecule has 5 nitrogen and oxygen atoms in total. The van der Waals surface area contributed by atoms with E-state index in [-0.39, 0.29) is 34.7 Å². The molecule has 1 aliphatic heterocycles. The minimum absolute atomic E-state index is 0.0999. The van der Waals surface area contributed by atoms with Gasteiger partial charge in [0.1, 0.15) is 11.6 Å². The van der Waals surface area contributed by atoms with Gasteiger partial charge < -0.3 is 0 Å². The largest absolute Gasteiger partial charge is 0.300 e. The zero-order valence-electron chi connectivity index (χ0n) is 21.3. The summed E-state index contributed by atoms with van der Waals surface area (Å²) < 4.78 is 0. The third-order valence-electron chi connectivity index (χ3n) is 5.50. The molecule has 182 valence electrons. The van der Waals surface area contributed by atoms with E-state index >= 15 is 0 Å². The van der Waals surface area contributed by atoms with Crippen molar-refractivity contribution in [2.24, 2.45) is 5.41 Å². The minimum Gasteiger partial charge on any atom is -0.300 e. The van der Waals surface area contributed by atoms with Crippen molar-refractivity contribution >= 4 is 35.1 Å². The van der Waals surface area contributed by atoms with Gasteiger partial charge in [0.25, 0.3) is 0 Å². The van der Waals surface area contributed by atoms with E-state index in [2.05, 4.69) is 27.7 Å². The van der Waals surface area contributed by atoms with Crippen LogP contribution in [0.25, 0.3) is 0 Å². The first-order valence-corrected chi connectivity index (χ1v) is 13.2. The average molecular weight is 458 g/mol. The van der Waals surface area contributed by atoms with Gasteiger partial charge in [-0.25, -0.2) is 0 Å². The molecule has 0 aromatic rings. The Kier molecular flexibility index (Phi) is 19.0. The summed E-state index contributed by atoms with van der Waals surface area (Å²) in [6.07, 6.45) is 6.62. The number of amides is 2. The molecule has 1 saturated heterocycles. The Morgan fingerprint density at radius 2 is 1.55 bits per heavy atom. The maximum Gasteiger partial charge on any atom is 0.242 e. The summed E-state index contributed by atoms with van der Waals surface area (Å²) in [5, 5.41) is -0.335. The molecule has 2 amide bonds. The van der Waals surface area contributed by atoms with Gasteiger partial charge in [-0.2, -0.15) is 0 Å². The second-order valence-electron chi connectivity index (χ2n) is 8.11. The molecule has 31 heavy (non-hydrogen) atoms. The quantitative estimate of drug-likeness (QED) is 0.242. The van der Waals surface area contributed by atoms with E-state index in [1.165, 1.54) is 30.0 Å². The topological polar surface area (TPSA) is 71.5 Å². The highest BCUT2D eigenvalue weighted by molar-refractivity contribution is 8.00. The summed E-state index contributed by atoms with van der Waals surface area (Å²) in [5.41, 5.74) is -0.217. The Labute approximate surface area is 195 Å². The van der Waals surface area contributed by atoms with Crippen LogP contribution in [-0.4, -0.2) is 45.8 Å². The highest BCUT2D eigenvalue weighted by atomic mass is 32.2. The first kappa shape index (κ1) is 32.0. The molecular formula is C25H47NO4S. The second kappa shape index (κ2) is 18.4. The van der Waals surface area contributed by atoms with Crippen molar-refractivity contribution in [2.45, 2.75) is 118 Å². The van der Waals surface area contributed by atoms with Crippen LogP contribution in [0.3, 0.4) is 0 Å². The summed E-state index contributed by atoms with van der Waals surface area (Å²) in [4.78, 5) is 49.0. The molecule has 1 atom stereocenters. The van der Waals surface area contributed by atoms with Crippen molar-refractivity contribution < 1.29 is 19.2 Å². The van der Waals surface area contributed by atoms with E-state index in [0.29, 0.717) is 30.9 Å². The maximum atomic E-state index is 12.3. The van der Waals surface area contributed by atoms with Crippen LogP contribution in [0.15, 0.2) is 0 Å². The molecule has 0 radical (unpaired) electrons. The fourth-order valence-electron chi connectivity index (χ4n) is 3.04. The monoisotopic (exact) mass is 457 g/mol. The van der Waals surface area contributed by atoms with Gasteiger partial charge in [-0.05, 0) is 32.6 Å². The number of carbonyl (C=O) groups excluding carboxylic acids is 4. The minimum atomic E-state index is -0.335. The number of hydrogen-bond donors (Lipinski definition) is 0. The number of hydrogen-bond acceptors (Lipinski definition) is 5. The lowest BCUT2D eigenvalue weighted by molar-refractivity contribution is -0.138. The van der Waals surface area contributed by atoms with Gasteiger partial charge in [-0.15, -0.1) is 11.8 Å². The van der Waals surface area contributed by atoms with Crippen molar-refractivity contribution in [3.8, 4) is 0 Å². The van der Waals surface area contributed by atoms with Crippen molar-refractivity contribution in [2.75, 3.05) is 12.3 Å². The normalized spacial score (nSPS) is 15.7. The van der Waals surface area contributed by atoms with E-state index in [1.54, 1.807) is 0 Å². The Morgan fingerprint density at radius 1 is 1.00 bits per heavy atom. The van der Waals surface area contributed by atoms with Crippen molar-refractivity contribution in [3.05, 3.63) is 0 Å².